The van der Waals surface area contributed by atoms with Gasteiger partial charge in [0.15, 0.2) is 17.6 Å². The quantitative estimate of drug-likeness (QED) is 0.825. The lowest BCUT2D eigenvalue weighted by Gasteiger charge is -2.27. The molecule has 0 saturated carbocycles. The molecule has 4 rings (SSSR count). The van der Waals surface area contributed by atoms with Crippen LogP contribution >= 0.6 is 0 Å². The molecule has 3 heteroatoms. The summed E-state index contributed by atoms with van der Waals surface area (Å²) in [7, 11) is 0. The van der Waals surface area contributed by atoms with E-state index < -0.39 is 0 Å². The number of likely N-dealkylation sites (tertiary alicyclic amines) is 1. The molecular formula is C21H25NO2. The minimum Gasteiger partial charge on any atom is -0.485 e. The highest BCUT2D eigenvalue weighted by molar-refractivity contribution is 5.41. The first-order valence-electron chi connectivity index (χ1n) is 9.08. The Morgan fingerprint density at radius 3 is 2.29 bits per heavy atom. The van der Waals surface area contributed by atoms with Gasteiger partial charge in [0.25, 0.3) is 0 Å². The molecular weight excluding hydrogens is 298 g/mol. The SMILES string of the molecule is c1ccc2c(c1)OC[C@H](c1ccc(CN3CCCCCC3)cc1)O2. The molecule has 0 bridgehead atoms. The van der Waals surface area contributed by atoms with Crippen molar-refractivity contribution in [3.8, 4) is 11.5 Å². The van der Waals surface area contributed by atoms with Crippen LogP contribution in [0, 0.1) is 0 Å². The Labute approximate surface area is 144 Å². The van der Waals surface area contributed by atoms with E-state index >= 15 is 0 Å². The molecule has 2 aromatic rings. The van der Waals surface area contributed by atoms with Crippen LogP contribution in [0.5, 0.6) is 11.5 Å². The Balaban J connectivity index is 1.41. The summed E-state index contributed by atoms with van der Waals surface area (Å²) < 4.78 is 11.9. The second-order valence-corrected chi connectivity index (χ2v) is 6.80. The molecule has 0 radical (unpaired) electrons. The average Bonchev–Trinajstić information content (AvgIpc) is 2.91. The molecule has 2 aliphatic heterocycles. The Morgan fingerprint density at radius 2 is 1.54 bits per heavy atom. The zero-order chi connectivity index (χ0) is 16.2. The van der Waals surface area contributed by atoms with Crippen LogP contribution in [0.25, 0.3) is 0 Å². The van der Waals surface area contributed by atoms with Crippen molar-refractivity contribution in [1.82, 2.24) is 4.90 Å². The lowest BCUT2D eigenvalue weighted by atomic mass is 10.1. The fraction of sp³-hybridized carbons (Fsp3) is 0.429. The molecule has 1 fully saturated rings. The monoisotopic (exact) mass is 323 g/mol. The maximum Gasteiger partial charge on any atom is 0.162 e. The fourth-order valence-electron chi connectivity index (χ4n) is 3.57. The van der Waals surface area contributed by atoms with Crippen molar-refractivity contribution in [2.24, 2.45) is 0 Å². The number of fused-ring (bicyclic) bond motifs is 1. The molecule has 0 aliphatic carbocycles. The number of nitrogens with zero attached hydrogens (tertiary/aromatic N) is 1. The third-order valence-electron chi connectivity index (χ3n) is 4.96. The summed E-state index contributed by atoms with van der Waals surface area (Å²) in [4.78, 5) is 2.58. The van der Waals surface area contributed by atoms with Gasteiger partial charge in [0.05, 0.1) is 0 Å². The van der Waals surface area contributed by atoms with E-state index in [0.717, 1.165) is 18.0 Å². The van der Waals surface area contributed by atoms with E-state index in [1.807, 2.05) is 24.3 Å². The molecule has 24 heavy (non-hydrogen) atoms. The van der Waals surface area contributed by atoms with Gasteiger partial charge in [-0.05, 0) is 49.2 Å². The maximum atomic E-state index is 6.09. The van der Waals surface area contributed by atoms with Gasteiger partial charge in [0, 0.05) is 6.54 Å². The zero-order valence-electron chi connectivity index (χ0n) is 14.1. The van der Waals surface area contributed by atoms with Gasteiger partial charge >= 0.3 is 0 Å². The van der Waals surface area contributed by atoms with E-state index in [9.17, 15) is 0 Å². The summed E-state index contributed by atoms with van der Waals surface area (Å²) >= 11 is 0. The van der Waals surface area contributed by atoms with Gasteiger partial charge in [-0.25, -0.2) is 0 Å². The Kier molecular flexibility index (Phi) is 4.70. The van der Waals surface area contributed by atoms with Crippen LogP contribution < -0.4 is 9.47 Å². The van der Waals surface area contributed by atoms with Crippen LogP contribution in [0.1, 0.15) is 42.9 Å². The van der Waals surface area contributed by atoms with Crippen LogP contribution in [0.3, 0.4) is 0 Å². The highest BCUT2D eigenvalue weighted by Gasteiger charge is 2.22. The minimum absolute atomic E-state index is 0.0212. The maximum absolute atomic E-state index is 6.09. The van der Waals surface area contributed by atoms with E-state index in [-0.39, 0.29) is 6.10 Å². The molecule has 0 amide bonds. The highest BCUT2D eigenvalue weighted by atomic mass is 16.6. The van der Waals surface area contributed by atoms with E-state index in [2.05, 4.69) is 29.2 Å². The second-order valence-electron chi connectivity index (χ2n) is 6.80. The standard InChI is InChI=1S/C21H25NO2/c1-2-6-14-22(13-5-1)15-17-9-11-18(12-10-17)21-16-23-19-7-3-4-8-20(19)24-21/h3-4,7-12,21H,1-2,5-6,13-16H2/t21-/m1/s1. The first kappa shape index (κ1) is 15.5. The number of hydrogen-bond donors (Lipinski definition) is 0. The van der Waals surface area contributed by atoms with Gasteiger partial charge in [-0.15, -0.1) is 0 Å². The van der Waals surface area contributed by atoms with E-state index in [4.69, 9.17) is 9.47 Å². The molecule has 0 spiro atoms. The van der Waals surface area contributed by atoms with Crippen molar-refractivity contribution in [2.75, 3.05) is 19.7 Å². The molecule has 126 valence electrons. The highest BCUT2D eigenvalue weighted by Crippen LogP contribution is 2.35. The lowest BCUT2D eigenvalue weighted by molar-refractivity contribution is 0.0913. The summed E-state index contributed by atoms with van der Waals surface area (Å²) in [6.07, 6.45) is 5.42. The molecule has 0 aromatic heterocycles. The third kappa shape index (κ3) is 3.57. The number of rotatable bonds is 3. The van der Waals surface area contributed by atoms with Gasteiger partial charge in [-0.1, -0.05) is 49.2 Å². The van der Waals surface area contributed by atoms with Crippen molar-refractivity contribution in [3.05, 3.63) is 59.7 Å². The normalized spacial score (nSPS) is 21.2. The molecule has 3 nitrogen and oxygen atoms in total. The van der Waals surface area contributed by atoms with Crippen LogP contribution in [0.2, 0.25) is 0 Å². The van der Waals surface area contributed by atoms with E-state index in [0.29, 0.717) is 6.61 Å². The predicted octanol–water partition coefficient (Wildman–Crippen LogP) is 4.58. The Bertz CT molecular complexity index is 660. The summed E-state index contributed by atoms with van der Waals surface area (Å²) in [6.45, 7) is 4.10. The van der Waals surface area contributed by atoms with E-state index in [1.165, 1.54) is 49.9 Å². The summed E-state index contributed by atoms with van der Waals surface area (Å²) in [5.41, 5.74) is 2.57. The van der Waals surface area contributed by atoms with Gasteiger partial charge in [-0.2, -0.15) is 0 Å². The van der Waals surface area contributed by atoms with Crippen molar-refractivity contribution < 1.29 is 9.47 Å². The van der Waals surface area contributed by atoms with Crippen molar-refractivity contribution >= 4 is 0 Å². The molecule has 1 atom stereocenters. The number of ether oxygens (including phenoxy) is 2. The predicted molar refractivity (Wildman–Crippen MR) is 95.5 cm³/mol. The third-order valence-corrected chi connectivity index (χ3v) is 4.96. The van der Waals surface area contributed by atoms with Crippen molar-refractivity contribution in [2.45, 2.75) is 38.3 Å². The fourth-order valence-corrected chi connectivity index (χ4v) is 3.57. The first-order valence-corrected chi connectivity index (χ1v) is 9.08. The van der Waals surface area contributed by atoms with Crippen LogP contribution in [0.4, 0.5) is 0 Å². The van der Waals surface area contributed by atoms with Crippen molar-refractivity contribution in [3.63, 3.8) is 0 Å². The van der Waals surface area contributed by atoms with Gasteiger partial charge in [-0.3, -0.25) is 4.90 Å². The smallest absolute Gasteiger partial charge is 0.162 e. The van der Waals surface area contributed by atoms with Gasteiger partial charge in [0.1, 0.15) is 6.61 Å². The van der Waals surface area contributed by atoms with Crippen LogP contribution in [0.15, 0.2) is 48.5 Å². The van der Waals surface area contributed by atoms with Crippen LogP contribution in [-0.2, 0) is 6.54 Å². The summed E-state index contributed by atoms with van der Waals surface area (Å²) in [5.74, 6) is 1.67. The molecule has 0 unspecified atom stereocenters. The molecule has 2 aromatic carbocycles. The molecule has 0 N–H and O–H groups in total. The minimum atomic E-state index is -0.0212. The van der Waals surface area contributed by atoms with Crippen molar-refractivity contribution in [1.29, 1.82) is 0 Å². The number of hydrogen-bond acceptors (Lipinski definition) is 3. The molecule has 2 heterocycles. The molecule has 1 saturated heterocycles. The number of para-hydroxylation sites is 2. The van der Waals surface area contributed by atoms with Crippen LogP contribution in [-0.4, -0.2) is 24.6 Å². The average molecular weight is 323 g/mol. The van der Waals surface area contributed by atoms with Gasteiger partial charge in [0.2, 0.25) is 0 Å². The zero-order valence-corrected chi connectivity index (χ0v) is 14.1. The molecule has 2 aliphatic rings. The number of benzene rings is 2. The topological polar surface area (TPSA) is 21.7 Å². The Hall–Kier alpha value is -2.00. The van der Waals surface area contributed by atoms with Gasteiger partial charge < -0.3 is 9.47 Å². The van der Waals surface area contributed by atoms with E-state index in [1.54, 1.807) is 0 Å². The second kappa shape index (κ2) is 7.27. The summed E-state index contributed by atoms with van der Waals surface area (Å²) in [6, 6.07) is 16.7. The largest absolute Gasteiger partial charge is 0.485 e. The Morgan fingerprint density at radius 1 is 0.833 bits per heavy atom. The summed E-state index contributed by atoms with van der Waals surface area (Å²) in [5, 5.41) is 0. The first-order chi connectivity index (χ1) is 11.9. The lowest BCUT2D eigenvalue weighted by Crippen LogP contribution is -2.24.